The molecule has 1 saturated carbocycles. The summed E-state index contributed by atoms with van der Waals surface area (Å²) in [5.41, 5.74) is 0.778. The van der Waals surface area contributed by atoms with Crippen molar-refractivity contribution in [2.45, 2.75) is 38.8 Å². The number of benzene rings is 1. The van der Waals surface area contributed by atoms with Gasteiger partial charge in [-0.1, -0.05) is 24.4 Å². The van der Waals surface area contributed by atoms with Gasteiger partial charge in [-0.3, -0.25) is 10.1 Å². The van der Waals surface area contributed by atoms with Gasteiger partial charge in [-0.05, 0) is 31.4 Å². The minimum absolute atomic E-state index is 0.0913. The molecule has 0 spiro atoms. The Hall–Kier alpha value is -1.13. The molecule has 0 saturated heterocycles. The van der Waals surface area contributed by atoms with E-state index in [1.165, 1.54) is 18.9 Å². The van der Waals surface area contributed by atoms with Crippen molar-refractivity contribution in [1.82, 2.24) is 5.32 Å². The predicted molar refractivity (Wildman–Crippen MR) is 71.7 cm³/mol. The first-order valence-electron chi connectivity index (χ1n) is 6.22. The van der Waals surface area contributed by atoms with E-state index in [9.17, 15) is 10.1 Å². The smallest absolute Gasteiger partial charge is 0.275 e. The fourth-order valence-corrected chi connectivity index (χ4v) is 2.24. The number of halogens is 1. The molecule has 1 N–H and O–H groups in total. The van der Waals surface area contributed by atoms with Crippen LogP contribution in [0.15, 0.2) is 18.2 Å². The van der Waals surface area contributed by atoms with Crippen LogP contribution in [0.1, 0.15) is 31.7 Å². The number of rotatable bonds is 6. The molecule has 98 valence electrons. The van der Waals surface area contributed by atoms with Gasteiger partial charge in [0, 0.05) is 29.2 Å². The molecule has 2 rings (SSSR count). The largest absolute Gasteiger partial charge is 0.310 e. The van der Waals surface area contributed by atoms with Crippen LogP contribution in [0.2, 0.25) is 5.02 Å². The van der Waals surface area contributed by atoms with Crippen molar-refractivity contribution in [3.8, 4) is 0 Å². The van der Waals surface area contributed by atoms with E-state index < -0.39 is 0 Å². The number of nitrogens with one attached hydrogen (secondary N) is 1. The highest BCUT2D eigenvalue weighted by Gasteiger charge is 2.23. The molecule has 1 aromatic carbocycles. The number of hydrogen-bond acceptors (Lipinski definition) is 3. The number of nitro benzene ring substituents is 1. The molecule has 18 heavy (non-hydrogen) atoms. The quantitative estimate of drug-likeness (QED) is 0.634. The molecule has 1 unspecified atom stereocenters. The van der Waals surface area contributed by atoms with Crippen molar-refractivity contribution in [2.75, 3.05) is 0 Å². The summed E-state index contributed by atoms with van der Waals surface area (Å²) in [5.74, 6) is 0.854. The van der Waals surface area contributed by atoms with Crippen molar-refractivity contribution in [3.05, 3.63) is 38.9 Å². The van der Waals surface area contributed by atoms with Gasteiger partial charge in [-0.25, -0.2) is 0 Å². The van der Waals surface area contributed by atoms with Gasteiger partial charge in [0.1, 0.15) is 0 Å². The summed E-state index contributed by atoms with van der Waals surface area (Å²) in [6, 6.07) is 5.21. The normalized spacial score (nSPS) is 16.6. The maximum atomic E-state index is 10.9. The fourth-order valence-electron chi connectivity index (χ4n) is 2.08. The van der Waals surface area contributed by atoms with Gasteiger partial charge >= 0.3 is 0 Å². The van der Waals surface area contributed by atoms with E-state index in [0.717, 1.165) is 12.3 Å². The molecule has 0 aliphatic heterocycles. The second-order valence-electron chi connectivity index (χ2n) is 4.99. The standard InChI is InChI=1S/C13H17ClN2O2/c1-9(6-10-2-3-10)15-8-11-4-5-12(14)7-13(11)16(17)18/h4-5,7,9-10,15H,2-3,6,8H2,1H3. The van der Waals surface area contributed by atoms with E-state index in [1.54, 1.807) is 12.1 Å². The molecule has 1 atom stereocenters. The van der Waals surface area contributed by atoms with Gasteiger partial charge in [0.15, 0.2) is 0 Å². The van der Waals surface area contributed by atoms with Crippen LogP contribution in [-0.2, 0) is 6.54 Å². The molecule has 1 fully saturated rings. The molecule has 4 nitrogen and oxygen atoms in total. The summed E-state index contributed by atoms with van der Waals surface area (Å²) in [5, 5.41) is 14.7. The van der Waals surface area contributed by atoms with Crippen molar-refractivity contribution in [1.29, 1.82) is 0 Å². The van der Waals surface area contributed by atoms with Crippen LogP contribution in [0.25, 0.3) is 0 Å². The Morgan fingerprint density at radius 2 is 2.28 bits per heavy atom. The van der Waals surface area contributed by atoms with E-state index in [4.69, 9.17) is 11.6 Å². The molecular weight excluding hydrogens is 252 g/mol. The highest BCUT2D eigenvalue weighted by molar-refractivity contribution is 6.30. The molecule has 1 aliphatic rings. The first-order chi connectivity index (χ1) is 8.56. The molecule has 1 aliphatic carbocycles. The van der Waals surface area contributed by atoms with Crippen LogP contribution in [-0.4, -0.2) is 11.0 Å². The van der Waals surface area contributed by atoms with E-state index in [1.807, 2.05) is 0 Å². The van der Waals surface area contributed by atoms with Gasteiger partial charge in [0.05, 0.1) is 4.92 Å². The van der Waals surface area contributed by atoms with Crippen LogP contribution >= 0.6 is 11.6 Å². The summed E-state index contributed by atoms with van der Waals surface area (Å²) in [7, 11) is 0. The summed E-state index contributed by atoms with van der Waals surface area (Å²) in [6.07, 6.45) is 3.81. The van der Waals surface area contributed by atoms with Gasteiger partial charge < -0.3 is 5.32 Å². The lowest BCUT2D eigenvalue weighted by atomic mass is 10.1. The van der Waals surface area contributed by atoms with Gasteiger partial charge in [0.2, 0.25) is 0 Å². The SMILES string of the molecule is CC(CC1CC1)NCc1ccc(Cl)cc1[N+](=O)[O-]. The minimum atomic E-state index is -0.381. The molecule has 0 aromatic heterocycles. The Kier molecular flexibility index (Phi) is 4.19. The summed E-state index contributed by atoms with van der Waals surface area (Å²) < 4.78 is 0. The Labute approximate surface area is 111 Å². The van der Waals surface area contributed by atoms with Crippen LogP contribution in [0.3, 0.4) is 0 Å². The Bertz CT molecular complexity index is 447. The van der Waals surface area contributed by atoms with Gasteiger partial charge in [-0.15, -0.1) is 0 Å². The zero-order chi connectivity index (χ0) is 13.1. The average Bonchev–Trinajstić information content (AvgIpc) is 3.11. The molecular formula is C13H17ClN2O2. The molecule has 5 heteroatoms. The maximum absolute atomic E-state index is 10.9. The first-order valence-corrected chi connectivity index (χ1v) is 6.60. The second kappa shape index (κ2) is 5.67. The summed E-state index contributed by atoms with van der Waals surface area (Å²) in [4.78, 5) is 10.5. The van der Waals surface area contributed by atoms with Gasteiger partial charge in [0.25, 0.3) is 5.69 Å². The molecule has 0 bridgehead atoms. The first kappa shape index (κ1) is 13.3. The average molecular weight is 269 g/mol. The lowest BCUT2D eigenvalue weighted by Crippen LogP contribution is -2.26. The third-order valence-corrected chi connectivity index (χ3v) is 3.50. The zero-order valence-electron chi connectivity index (χ0n) is 10.4. The highest BCUT2D eigenvalue weighted by Crippen LogP contribution is 2.33. The van der Waals surface area contributed by atoms with E-state index >= 15 is 0 Å². The third-order valence-electron chi connectivity index (χ3n) is 3.27. The Balaban J connectivity index is 1.96. The number of nitrogens with zero attached hydrogens (tertiary/aromatic N) is 1. The molecule has 0 heterocycles. The van der Waals surface area contributed by atoms with Crippen LogP contribution in [0.5, 0.6) is 0 Å². The number of hydrogen-bond donors (Lipinski definition) is 1. The van der Waals surface area contributed by atoms with Crippen LogP contribution in [0.4, 0.5) is 5.69 Å². The fraction of sp³-hybridized carbons (Fsp3) is 0.538. The van der Waals surface area contributed by atoms with E-state index in [2.05, 4.69) is 12.2 Å². The van der Waals surface area contributed by atoms with Crippen molar-refractivity contribution in [2.24, 2.45) is 5.92 Å². The maximum Gasteiger partial charge on any atom is 0.275 e. The van der Waals surface area contributed by atoms with Crippen LogP contribution < -0.4 is 5.32 Å². The number of nitro groups is 1. The Morgan fingerprint density at radius 1 is 1.56 bits per heavy atom. The van der Waals surface area contributed by atoms with E-state index in [-0.39, 0.29) is 10.6 Å². The zero-order valence-corrected chi connectivity index (χ0v) is 11.1. The molecule has 1 aromatic rings. The lowest BCUT2D eigenvalue weighted by Gasteiger charge is -2.13. The van der Waals surface area contributed by atoms with Crippen molar-refractivity contribution in [3.63, 3.8) is 0 Å². The topological polar surface area (TPSA) is 55.2 Å². The minimum Gasteiger partial charge on any atom is -0.310 e. The van der Waals surface area contributed by atoms with E-state index in [0.29, 0.717) is 23.2 Å². The summed E-state index contributed by atoms with van der Waals surface area (Å²) in [6.45, 7) is 2.64. The third kappa shape index (κ3) is 3.68. The Morgan fingerprint density at radius 3 is 2.89 bits per heavy atom. The summed E-state index contributed by atoms with van der Waals surface area (Å²) >= 11 is 5.78. The predicted octanol–water partition coefficient (Wildman–Crippen LogP) is 3.53. The monoisotopic (exact) mass is 268 g/mol. The molecule has 0 radical (unpaired) electrons. The van der Waals surface area contributed by atoms with Crippen molar-refractivity contribution < 1.29 is 4.92 Å². The lowest BCUT2D eigenvalue weighted by molar-refractivity contribution is -0.385. The highest BCUT2D eigenvalue weighted by atomic mass is 35.5. The van der Waals surface area contributed by atoms with Crippen molar-refractivity contribution >= 4 is 17.3 Å². The van der Waals surface area contributed by atoms with Crippen LogP contribution in [0, 0.1) is 16.0 Å². The molecule has 0 amide bonds. The second-order valence-corrected chi connectivity index (χ2v) is 5.43. The van der Waals surface area contributed by atoms with Gasteiger partial charge in [-0.2, -0.15) is 0 Å².